The molecule has 0 atom stereocenters. The first-order chi connectivity index (χ1) is 10.7. The average Bonchev–Trinajstić information content (AvgIpc) is 2.97. The molecule has 0 spiro atoms. The van der Waals surface area contributed by atoms with E-state index in [9.17, 15) is 4.79 Å². The molecule has 0 aliphatic carbocycles. The number of nitrogens with one attached hydrogen (secondary N) is 1. The zero-order valence-corrected chi connectivity index (χ0v) is 12.2. The number of anilines is 1. The maximum absolute atomic E-state index is 11.0. The third kappa shape index (κ3) is 3.23. The summed E-state index contributed by atoms with van der Waals surface area (Å²) in [5.74, 6) is 0.676. The molecule has 2 aromatic carbocycles. The lowest BCUT2D eigenvalue weighted by atomic mass is 10.1. The fourth-order valence-electron chi connectivity index (χ4n) is 2.33. The number of carbonyl (C=O) groups is 1. The average molecular weight is 292 g/mol. The lowest BCUT2D eigenvalue weighted by Crippen LogP contribution is -2.05. The highest BCUT2D eigenvalue weighted by atomic mass is 16.3. The Hall–Kier alpha value is -2.88. The van der Waals surface area contributed by atoms with Gasteiger partial charge in [0.25, 0.3) is 0 Å². The van der Waals surface area contributed by atoms with Gasteiger partial charge in [0.05, 0.1) is 5.69 Å². The van der Waals surface area contributed by atoms with Crippen molar-refractivity contribution in [1.29, 1.82) is 0 Å². The van der Waals surface area contributed by atoms with Crippen molar-refractivity contribution in [2.75, 3.05) is 5.32 Å². The topological polar surface area (TPSA) is 55.1 Å². The van der Waals surface area contributed by atoms with Crippen molar-refractivity contribution in [2.45, 2.75) is 13.3 Å². The van der Waals surface area contributed by atoms with Crippen molar-refractivity contribution in [3.63, 3.8) is 0 Å². The maximum atomic E-state index is 11.0. The van der Waals surface area contributed by atoms with E-state index in [0.717, 1.165) is 29.1 Å². The Morgan fingerprint density at radius 1 is 1.09 bits per heavy atom. The quantitative estimate of drug-likeness (QED) is 0.793. The van der Waals surface area contributed by atoms with Gasteiger partial charge in [0.1, 0.15) is 0 Å². The molecular formula is C18H16N2O2. The van der Waals surface area contributed by atoms with E-state index in [2.05, 4.69) is 22.4 Å². The Kier molecular flexibility index (Phi) is 4.01. The Morgan fingerprint density at radius 2 is 1.82 bits per heavy atom. The van der Waals surface area contributed by atoms with E-state index < -0.39 is 0 Å². The number of carbonyl (C=O) groups excluding carboxylic acids is 1. The molecule has 0 aliphatic rings. The van der Waals surface area contributed by atoms with Crippen LogP contribution in [-0.4, -0.2) is 10.9 Å². The molecule has 4 heteroatoms. The van der Waals surface area contributed by atoms with Crippen molar-refractivity contribution in [3.05, 3.63) is 72.2 Å². The maximum Gasteiger partial charge on any atom is 0.221 e. The van der Waals surface area contributed by atoms with E-state index >= 15 is 0 Å². The molecule has 22 heavy (non-hydrogen) atoms. The first kappa shape index (κ1) is 14.1. The molecule has 0 unspecified atom stereocenters. The third-order valence-corrected chi connectivity index (χ3v) is 3.32. The van der Waals surface area contributed by atoms with E-state index in [-0.39, 0.29) is 5.91 Å². The van der Waals surface area contributed by atoms with Gasteiger partial charge in [-0.15, -0.1) is 0 Å². The zero-order valence-electron chi connectivity index (χ0n) is 12.2. The molecule has 1 amide bonds. The minimum Gasteiger partial charge on any atom is -0.443 e. The van der Waals surface area contributed by atoms with Gasteiger partial charge in [-0.2, -0.15) is 0 Å². The predicted molar refractivity (Wildman–Crippen MR) is 85.5 cm³/mol. The highest BCUT2D eigenvalue weighted by molar-refractivity contribution is 5.88. The van der Waals surface area contributed by atoms with Crippen molar-refractivity contribution in [3.8, 4) is 11.3 Å². The first-order valence-corrected chi connectivity index (χ1v) is 7.06. The largest absolute Gasteiger partial charge is 0.443 e. The number of amides is 1. The van der Waals surface area contributed by atoms with Gasteiger partial charge in [-0.1, -0.05) is 30.3 Å². The van der Waals surface area contributed by atoms with Gasteiger partial charge in [-0.25, -0.2) is 4.98 Å². The van der Waals surface area contributed by atoms with E-state index in [1.807, 2.05) is 42.5 Å². The van der Waals surface area contributed by atoms with Gasteiger partial charge >= 0.3 is 0 Å². The van der Waals surface area contributed by atoms with Gasteiger partial charge in [-0.3, -0.25) is 4.79 Å². The zero-order chi connectivity index (χ0) is 15.4. The Balaban J connectivity index is 1.84. The summed E-state index contributed by atoms with van der Waals surface area (Å²) in [7, 11) is 0. The summed E-state index contributed by atoms with van der Waals surface area (Å²) >= 11 is 0. The lowest BCUT2D eigenvalue weighted by Gasteiger charge is -2.04. The highest BCUT2D eigenvalue weighted by Crippen LogP contribution is 2.26. The van der Waals surface area contributed by atoms with Crippen molar-refractivity contribution < 1.29 is 9.21 Å². The highest BCUT2D eigenvalue weighted by Gasteiger charge is 2.11. The van der Waals surface area contributed by atoms with Crippen molar-refractivity contribution in [1.82, 2.24) is 4.98 Å². The summed E-state index contributed by atoms with van der Waals surface area (Å²) < 4.78 is 5.55. The van der Waals surface area contributed by atoms with Gasteiger partial charge < -0.3 is 9.73 Å². The summed E-state index contributed by atoms with van der Waals surface area (Å²) in [5, 5.41) is 2.75. The van der Waals surface area contributed by atoms with Gasteiger partial charge in [0.2, 0.25) is 5.91 Å². The monoisotopic (exact) mass is 292 g/mol. The van der Waals surface area contributed by atoms with E-state index in [0.29, 0.717) is 0 Å². The summed E-state index contributed by atoms with van der Waals surface area (Å²) in [4.78, 5) is 15.4. The van der Waals surface area contributed by atoms with Crippen LogP contribution in [0.2, 0.25) is 0 Å². The van der Waals surface area contributed by atoms with Crippen LogP contribution in [0, 0.1) is 0 Å². The smallest absolute Gasteiger partial charge is 0.221 e. The lowest BCUT2D eigenvalue weighted by molar-refractivity contribution is -0.114. The molecular weight excluding hydrogens is 276 g/mol. The summed E-state index contributed by atoms with van der Waals surface area (Å²) in [5.41, 5.74) is 3.80. The molecule has 3 rings (SSSR count). The van der Waals surface area contributed by atoms with E-state index in [1.165, 1.54) is 18.9 Å². The van der Waals surface area contributed by atoms with Crippen LogP contribution in [0.4, 0.5) is 5.69 Å². The summed E-state index contributed by atoms with van der Waals surface area (Å²) in [6.45, 7) is 1.49. The molecule has 0 saturated heterocycles. The normalized spacial score (nSPS) is 10.4. The van der Waals surface area contributed by atoms with Crippen LogP contribution >= 0.6 is 0 Å². The van der Waals surface area contributed by atoms with Crippen LogP contribution in [0.3, 0.4) is 0 Å². The van der Waals surface area contributed by atoms with E-state index in [4.69, 9.17) is 4.42 Å². The Morgan fingerprint density at radius 3 is 2.50 bits per heavy atom. The second-order valence-electron chi connectivity index (χ2n) is 5.05. The second-order valence-corrected chi connectivity index (χ2v) is 5.05. The number of aromatic nitrogens is 1. The van der Waals surface area contributed by atoms with Crippen LogP contribution in [0.5, 0.6) is 0 Å². The summed E-state index contributed by atoms with van der Waals surface area (Å²) in [6.07, 6.45) is 2.19. The molecule has 0 bridgehead atoms. The number of hydrogen-bond acceptors (Lipinski definition) is 3. The summed E-state index contributed by atoms with van der Waals surface area (Å²) in [6, 6.07) is 17.7. The number of nitrogens with zero attached hydrogens (tertiary/aromatic N) is 1. The van der Waals surface area contributed by atoms with Gasteiger partial charge in [0, 0.05) is 24.6 Å². The van der Waals surface area contributed by atoms with Crippen LogP contribution in [0.1, 0.15) is 18.2 Å². The minimum absolute atomic E-state index is 0.0859. The molecule has 110 valence electrons. The standard InChI is InChI=1S/C18H16N2O2/c1-13(21)20-16-9-7-15(8-10-16)18-17(19-12-22-18)11-14-5-3-2-4-6-14/h2-10,12H,11H2,1H3,(H,20,21). The van der Waals surface area contributed by atoms with Crippen LogP contribution in [-0.2, 0) is 11.2 Å². The number of rotatable bonds is 4. The first-order valence-electron chi connectivity index (χ1n) is 7.06. The fourth-order valence-corrected chi connectivity index (χ4v) is 2.33. The molecule has 1 aromatic heterocycles. The Labute approximate surface area is 128 Å². The minimum atomic E-state index is -0.0859. The van der Waals surface area contributed by atoms with Crippen molar-refractivity contribution >= 4 is 11.6 Å². The SMILES string of the molecule is CC(=O)Nc1ccc(-c2ocnc2Cc2ccccc2)cc1. The van der Waals surface area contributed by atoms with E-state index in [1.54, 1.807) is 0 Å². The molecule has 1 N–H and O–H groups in total. The molecule has 1 heterocycles. The third-order valence-electron chi connectivity index (χ3n) is 3.32. The number of hydrogen-bond donors (Lipinski definition) is 1. The fraction of sp³-hybridized carbons (Fsp3) is 0.111. The van der Waals surface area contributed by atoms with Gasteiger partial charge in [0.15, 0.2) is 12.2 Å². The van der Waals surface area contributed by atoms with Gasteiger partial charge in [-0.05, 0) is 29.8 Å². The number of oxazole rings is 1. The van der Waals surface area contributed by atoms with Crippen LogP contribution < -0.4 is 5.32 Å². The molecule has 3 aromatic rings. The van der Waals surface area contributed by atoms with Crippen LogP contribution in [0.15, 0.2) is 65.4 Å². The molecule has 0 saturated carbocycles. The second kappa shape index (κ2) is 6.26. The Bertz CT molecular complexity index is 761. The molecule has 0 fully saturated rings. The molecule has 0 aliphatic heterocycles. The molecule has 0 radical (unpaired) electrons. The number of benzene rings is 2. The van der Waals surface area contributed by atoms with Crippen molar-refractivity contribution in [2.24, 2.45) is 0 Å². The predicted octanol–water partition coefficient (Wildman–Crippen LogP) is 3.89. The molecule has 4 nitrogen and oxygen atoms in total. The van der Waals surface area contributed by atoms with Crippen LogP contribution in [0.25, 0.3) is 11.3 Å².